The Hall–Kier alpha value is -2.20. The Labute approximate surface area is 121 Å². The van der Waals surface area contributed by atoms with Crippen LogP contribution in [-0.2, 0) is 6.54 Å². The number of fused-ring (bicyclic) bond motifs is 1. The van der Waals surface area contributed by atoms with E-state index in [-0.39, 0.29) is 0 Å². The van der Waals surface area contributed by atoms with Crippen LogP contribution in [0.4, 0.5) is 5.69 Å². The Balaban J connectivity index is 1.79. The summed E-state index contributed by atoms with van der Waals surface area (Å²) in [7, 11) is 1.63. The van der Waals surface area contributed by atoms with Gasteiger partial charge in [0.2, 0.25) is 0 Å². The molecule has 0 bridgehead atoms. The summed E-state index contributed by atoms with van der Waals surface area (Å²) in [6.07, 6.45) is 1.69. The summed E-state index contributed by atoms with van der Waals surface area (Å²) in [6, 6.07) is 11.4. The zero-order chi connectivity index (χ0) is 13.9. The molecule has 0 aliphatic heterocycles. The molecule has 0 saturated carbocycles. The van der Waals surface area contributed by atoms with Gasteiger partial charge in [-0.1, -0.05) is 23.7 Å². The van der Waals surface area contributed by atoms with E-state index in [4.69, 9.17) is 20.8 Å². The van der Waals surface area contributed by atoms with E-state index in [2.05, 4.69) is 10.3 Å². The van der Waals surface area contributed by atoms with Gasteiger partial charge in [-0.05, 0) is 24.3 Å². The fraction of sp³-hybridized carbons (Fsp3) is 0.133. The highest BCUT2D eigenvalue weighted by Gasteiger charge is 2.08. The lowest BCUT2D eigenvalue weighted by Gasteiger charge is -2.03. The van der Waals surface area contributed by atoms with Gasteiger partial charge in [0.15, 0.2) is 11.3 Å². The molecule has 3 rings (SSSR count). The first-order valence-electron chi connectivity index (χ1n) is 6.17. The second-order valence-corrected chi connectivity index (χ2v) is 4.70. The maximum Gasteiger partial charge on any atom is 0.176 e. The molecule has 102 valence electrons. The third kappa shape index (κ3) is 2.56. The molecule has 0 amide bonds. The SMILES string of the molecule is COc1cccc2cc(CNc3ccc(Cl)nc3)oc12. The molecule has 0 saturated heterocycles. The van der Waals surface area contributed by atoms with Crippen molar-refractivity contribution < 1.29 is 9.15 Å². The highest BCUT2D eigenvalue weighted by atomic mass is 35.5. The fourth-order valence-electron chi connectivity index (χ4n) is 2.01. The van der Waals surface area contributed by atoms with Crippen molar-refractivity contribution in [3.63, 3.8) is 0 Å². The van der Waals surface area contributed by atoms with Crippen molar-refractivity contribution in [2.45, 2.75) is 6.54 Å². The monoisotopic (exact) mass is 288 g/mol. The second-order valence-electron chi connectivity index (χ2n) is 4.31. The molecule has 0 spiro atoms. The molecule has 0 radical (unpaired) electrons. The van der Waals surface area contributed by atoms with Crippen LogP contribution in [0.3, 0.4) is 0 Å². The number of furan rings is 1. The molecule has 2 heterocycles. The van der Waals surface area contributed by atoms with Gasteiger partial charge in [-0.2, -0.15) is 0 Å². The molecule has 1 aromatic carbocycles. The molecule has 2 aromatic heterocycles. The van der Waals surface area contributed by atoms with Crippen molar-refractivity contribution in [3.05, 3.63) is 53.5 Å². The number of halogens is 1. The maximum atomic E-state index is 5.80. The molecule has 0 aliphatic carbocycles. The quantitative estimate of drug-likeness (QED) is 0.734. The van der Waals surface area contributed by atoms with Gasteiger partial charge >= 0.3 is 0 Å². The predicted octanol–water partition coefficient (Wildman–Crippen LogP) is 4.10. The van der Waals surface area contributed by atoms with Crippen molar-refractivity contribution in [1.29, 1.82) is 0 Å². The van der Waals surface area contributed by atoms with Crippen LogP contribution in [0.2, 0.25) is 5.15 Å². The van der Waals surface area contributed by atoms with Crippen LogP contribution in [0.5, 0.6) is 5.75 Å². The Morgan fingerprint density at radius 2 is 2.20 bits per heavy atom. The van der Waals surface area contributed by atoms with Crippen LogP contribution in [0.1, 0.15) is 5.76 Å². The molecule has 5 heteroatoms. The number of aromatic nitrogens is 1. The van der Waals surface area contributed by atoms with Crippen LogP contribution < -0.4 is 10.1 Å². The standard InChI is InChI=1S/C15H13ClN2O2/c1-19-13-4-2-3-10-7-12(20-15(10)13)9-17-11-5-6-14(16)18-8-11/h2-8,17H,9H2,1H3. The summed E-state index contributed by atoms with van der Waals surface area (Å²) >= 11 is 5.74. The average Bonchev–Trinajstić information content (AvgIpc) is 2.89. The van der Waals surface area contributed by atoms with Gasteiger partial charge < -0.3 is 14.5 Å². The van der Waals surface area contributed by atoms with Gasteiger partial charge in [-0.3, -0.25) is 0 Å². The summed E-state index contributed by atoms with van der Waals surface area (Å²) < 4.78 is 11.1. The lowest BCUT2D eigenvalue weighted by atomic mass is 10.2. The summed E-state index contributed by atoms with van der Waals surface area (Å²) in [5.41, 5.74) is 1.66. The van der Waals surface area contributed by atoms with E-state index in [1.54, 1.807) is 19.4 Å². The molecule has 3 aromatic rings. The Morgan fingerprint density at radius 1 is 1.30 bits per heavy atom. The first kappa shape index (κ1) is 12.8. The minimum Gasteiger partial charge on any atom is -0.493 e. The van der Waals surface area contributed by atoms with E-state index in [0.29, 0.717) is 11.7 Å². The van der Waals surface area contributed by atoms with E-state index in [0.717, 1.165) is 28.2 Å². The molecule has 4 nitrogen and oxygen atoms in total. The highest BCUT2D eigenvalue weighted by Crippen LogP contribution is 2.28. The Bertz CT molecular complexity index is 722. The first-order chi connectivity index (χ1) is 9.76. The van der Waals surface area contributed by atoms with E-state index in [9.17, 15) is 0 Å². The van der Waals surface area contributed by atoms with Crippen LogP contribution >= 0.6 is 11.6 Å². The third-order valence-electron chi connectivity index (χ3n) is 2.97. The number of nitrogens with zero attached hydrogens (tertiary/aromatic N) is 1. The summed E-state index contributed by atoms with van der Waals surface area (Å²) in [5.74, 6) is 1.57. The molecule has 0 unspecified atom stereocenters. The number of benzene rings is 1. The zero-order valence-electron chi connectivity index (χ0n) is 10.9. The number of anilines is 1. The molecular formula is C15H13ClN2O2. The van der Waals surface area contributed by atoms with Gasteiger partial charge in [0, 0.05) is 5.39 Å². The molecule has 0 aliphatic rings. The van der Waals surface area contributed by atoms with Crippen molar-refractivity contribution in [3.8, 4) is 5.75 Å². The predicted molar refractivity (Wildman–Crippen MR) is 79.3 cm³/mol. The summed E-state index contributed by atoms with van der Waals surface area (Å²) in [4.78, 5) is 4.01. The van der Waals surface area contributed by atoms with E-state index < -0.39 is 0 Å². The van der Waals surface area contributed by atoms with Crippen LogP contribution in [-0.4, -0.2) is 12.1 Å². The van der Waals surface area contributed by atoms with E-state index in [1.165, 1.54) is 0 Å². The van der Waals surface area contributed by atoms with Gasteiger partial charge in [0.1, 0.15) is 10.9 Å². The number of nitrogens with one attached hydrogen (secondary N) is 1. The van der Waals surface area contributed by atoms with Crippen molar-refractivity contribution in [2.24, 2.45) is 0 Å². The number of methoxy groups -OCH3 is 1. The smallest absolute Gasteiger partial charge is 0.176 e. The number of ether oxygens (including phenoxy) is 1. The third-order valence-corrected chi connectivity index (χ3v) is 3.20. The second kappa shape index (κ2) is 5.43. The molecule has 0 atom stereocenters. The van der Waals surface area contributed by atoms with Crippen LogP contribution in [0, 0.1) is 0 Å². The topological polar surface area (TPSA) is 47.3 Å². The fourth-order valence-corrected chi connectivity index (χ4v) is 2.12. The van der Waals surface area contributed by atoms with Crippen molar-refractivity contribution >= 4 is 28.3 Å². The minimum absolute atomic E-state index is 0.476. The highest BCUT2D eigenvalue weighted by molar-refractivity contribution is 6.29. The normalized spacial score (nSPS) is 10.7. The van der Waals surface area contributed by atoms with Gasteiger partial charge in [-0.15, -0.1) is 0 Å². The number of para-hydroxylation sites is 1. The Morgan fingerprint density at radius 3 is 2.95 bits per heavy atom. The number of hydrogen-bond acceptors (Lipinski definition) is 4. The summed E-state index contributed by atoms with van der Waals surface area (Å²) in [6.45, 7) is 0.571. The van der Waals surface area contributed by atoms with Gasteiger partial charge in [-0.25, -0.2) is 4.98 Å². The van der Waals surface area contributed by atoms with E-state index in [1.807, 2.05) is 30.3 Å². The van der Waals surface area contributed by atoms with Crippen molar-refractivity contribution in [1.82, 2.24) is 4.98 Å². The lowest BCUT2D eigenvalue weighted by Crippen LogP contribution is -1.98. The summed E-state index contributed by atoms with van der Waals surface area (Å²) in [5, 5.41) is 4.73. The minimum atomic E-state index is 0.476. The largest absolute Gasteiger partial charge is 0.493 e. The van der Waals surface area contributed by atoms with Crippen LogP contribution in [0.15, 0.2) is 47.0 Å². The molecule has 20 heavy (non-hydrogen) atoms. The van der Waals surface area contributed by atoms with Crippen LogP contribution in [0.25, 0.3) is 11.0 Å². The number of rotatable bonds is 4. The molecular weight excluding hydrogens is 276 g/mol. The number of hydrogen-bond donors (Lipinski definition) is 1. The van der Waals surface area contributed by atoms with Crippen molar-refractivity contribution in [2.75, 3.05) is 12.4 Å². The van der Waals surface area contributed by atoms with E-state index >= 15 is 0 Å². The molecule has 0 fully saturated rings. The average molecular weight is 289 g/mol. The molecule has 1 N–H and O–H groups in total. The maximum absolute atomic E-state index is 5.80. The lowest BCUT2D eigenvalue weighted by molar-refractivity contribution is 0.408. The van der Waals surface area contributed by atoms with Gasteiger partial charge in [0.25, 0.3) is 0 Å². The number of pyridine rings is 1. The first-order valence-corrected chi connectivity index (χ1v) is 6.55. The Kier molecular flexibility index (Phi) is 3.48. The zero-order valence-corrected chi connectivity index (χ0v) is 11.6. The van der Waals surface area contributed by atoms with Gasteiger partial charge in [0.05, 0.1) is 25.5 Å².